The lowest BCUT2D eigenvalue weighted by molar-refractivity contribution is -0.119. The molecular formula is C21H29N5O3S. The molecule has 8 nitrogen and oxygen atoms in total. The molecule has 1 aliphatic rings. The minimum atomic E-state index is -0.685. The first kappa shape index (κ1) is 22.3. The first-order valence-corrected chi connectivity index (χ1v) is 11.4. The molecule has 3 N–H and O–H groups in total. The van der Waals surface area contributed by atoms with Crippen LogP contribution in [0, 0.1) is 0 Å². The lowest BCUT2D eigenvalue weighted by atomic mass is 9.95. The summed E-state index contributed by atoms with van der Waals surface area (Å²) in [6.07, 6.45) is 5.68. The number of benzene rings is 1. The van der Waals surface area contributed by atoms with E-state index in [0.717, 1.165) is 12.8 Å². The summed E-state index contributed by atoms with van der Waals surface area (Å²) in [5.41, 5.74) is 0.507. The number of aliphatic hydroxyl groups is 1. The Morgan fingerprint density at radius 2 is 1.93 bits per heavy atom. The van der Waals surface area contributed by atoms with E-state index in [2.05, 4.69) is 20.8 Å². The number of hydrogen-bond acceptors (Lipinski definition) is 6. The highest BCUT2D eigenvalue weighted by molar-refractivity contribution is 7.99. The van der Waals surface area contributed by atoms with E-state index in [0.29, 0.717) is 23.1 Å². The number of carbonyl (C=O) groups excluding carboxylic acids is 2. The van der Waals surface area contributed by atoms with E-state index in [-0.39, 0.29) is 30.2 Å². The quantitative estimate of drug-likeness (QED) is 0.526. The van der Waals surface area contributed by atoms with Gasteiger partial charge in [0.2, 0.25) is 5.91 Å². The summed E-state index contributed by atoms with van der Waals surface area (Å²) in [5, 5.41) is 24.7. The lowest BCUT2D eigenvalue weighted by Gasteiger charge is -2.22. The zero-order valence-corrected chi connectivity index (χ0v) is 18.0. The Morgan fingerprint density at radius 3 is 2.60 bits per heavy atom. The van der Waals surface area contributed by atoms with Crippen molar-refractivity contribution in [1.29, 1.82) is 0 Å². The van der Waals surface area contributed by atoms with Gasteiger partial charge in [0.25, 0.3) is 5.91 Å². The van der Waals surface area contributed by atoms with Gasteiger partial charge in [0.05, 0.1) is 12.4 Å². The largest absolute Gasteiger partial charge is 0.394 e. The van der Waals surface area contributed by atoms with Gasteiger partial charge in [-0.05, 0) is 31.9 Å². The summed E-state index contributed by atoms with van der Waals surface area (Å²) in [6.45, 7) is 2.20. The second kappa shape index (κ2) is 11.1. The van der Waals surface area contributed by atoms with Crippen LogP contribution in [0.25, 0.3) is 0 Å². The topological polar surface area (TPSA) is 109 Å². The molecule has 0 saturated heterocycles. The zero-order chi connectivity index (χ0) is 21.3. The van der Waals surface area contributed by atoms with Crippen LogP contribution in [0.3, 0.4) is 0 Å². The van der Waals surface area contributed by atoms with Gasteiger partial charge in [-0.25, -0.2) is 0 Å². The molecule has 0 spiro atoms. The molecule has 0 bridgehead atoms. The minimum absolute atomic E-state index is 0.00445. The molecule has 1 atom stereocenters. The fraction of sp³-hybridized carbons (Fsp3) is 0.524. The number of nitrogens with zero attached hydrogens (tertiary/aromatic N) is 3. The fourth-order valence-corrected chi connectivity index (χ4v) is 4.45. The summed E-state index contributed by atoms with van der Waals surface area (Å²) in [4.78, 5) is 24.8. The first-order chi connectivity index (χ1) is 14.6. The highest BCUT2D eigenvalue weighted by Crippen LogP contribution is 2.22. The second-order valence-corrected chi connectivity index (χ2v) is 8.29. The minimum Gasteiger partial charge on any atom is -0.394 e. The van der Waals surface area contributed by atoms with Gasteiger partial charge in [-0.2, -0.15) is 0 Å². The van der Waals surface area contributed by atoms with Crippen LogP contribution in [0.4, 0.5) is 0 Å². The SMILES string of the molecule is CCn1c(SCC(=O)NC2CCCCC2)nnc1[C@H](CO)NC(=O)c1ccccc1. The van der Waals surface area contributed by atoms with E-state index in [1.165, 1.54) is 31.0 Å². The second-order valence-electron chi connectivity index (χ2n) is 7.35. The number of amides is 2. The molecule has 9 heteroatoms. The standard InChI is InChI=1S/C21H29N5O3S/c1-2-26-19(17(13-27)23-20(29)15-9-5-3-6-10-15)24-25-21(26)30-14-18(28)22-16-11-7-4-8-12-16/h3,5-6,9-10,16-17,27H,2,4,7-8,11-14H2,1H3,(H,22,28)(H,23,29)/t17-/m0/s1. The highest BCUT2D eigenvalue weighted by atomic mass is 32.2. The summed E-state index contributed by atoms with van der Waals surface area (Å²) in [7, 11) is 0. The Hall–Kier alpha value is -2.39. The number of thioether (sulfide) groups is 1. The molecule has 2 aromatic rings. The fourth-order valence-electron chi connectivity index (χ4n) is 3.63. The van der Waals surface area contributed by atoms with Crippen molar-refractivity contribution in [2.75, 3.05) is 12.4 Å². The summed E-state index contributed by atoms with van der Waals surface area (Å²) in [6, 6.07) is 8.41. The van der Waals surface area contributed by atoms with Crippen molar-refractivity contribution in [2.45, 2.75) is 62.8 Å². The van der Waals surface area contributed by atoms with Crippen LogP contribution in [0.15, 0.2) is 35.5 Å². The highest BCUT2D eigenvalue weighted by Gasteiger charge is 2.23. The molecule has 162 valence electrons. The Bertz CT molecular complexity index is 836. The number of aliphatic hydroxyl groups excluding tert-OH is 1. The van der Waals surface area contributed by atoms with Crippen molar-refractivity contribution in [1.82, 2.24) is 25.4 Å². The normalized spacial score (nSPS) is 15.5. The van der Waals surface area contributed by atoms with E-state index in [1.807, 2.05) is 17.6 Å². The molecular weight excluding hydrogens is 402 g/mol. The molecule has 1 aliphatic carbocycles. The summed E-state index contributed by atoms with van der Waals surface area (Å²) in [5.74, 6) is 0.436. The summed E-state index contributed by atoms with van der Waals surface area (Å²) >= 11 is 1.32. The third-order valence-corrected chi connectivity index (χ3v) is 6.17. The molecule has 1 saturated carbocycles. The Labute approximate surface area is 180 Å². The van der Waals surface area contributed by atoms with E-state index in [4.69, 9.17) is 0 Å². The van der Waals surface area contributed by atoms with Crippen molar-refractivity contribution in [2.24, 2.45) is 0 Å². The van der Waals surface area contributed by atoms with Crippen molar-refractivity contribution in [3.8, 4) is 0 Å². The Kier molecular flexibility index (Phi) is 8.27. The molecule has 0 aliphatic heterocycles. The molecule has 0 radical (unpaired) electrons. The van der Waals surface area contributed by atoms with E-state index < -0.39 is 6.04 Å². The molecule has 2 amide bonds. The van der Waals surface area contributed by atoms with Crippen molar-refractivity contribution < 1.29 is 14.7 Å². The molecule has 1 aromatic heterocycles. The van der Waals surface area contributed by atoms with Gasteiger partial charge in [0, 0.05) is 18.2 Å². The molecule has 30 heavy (non-hydrogen) atoms. The summed E-state index contributed by atoms with van der Waals surface area (Å²) < 4.78 is 1.82. The monoisotopic (exact) mass is 431 g/mol. The number of hydrogen-bond donors (Lipinski definition) is 3. The van der Waals surface area contributed by atoms with E-state index >= 15 is 0 Å². The Balaban J connectivity index is 1.61. The number of carbonyl (C=O) groups is 2. The molecule has 1 fully saturated rings. The third kappa shape index (κ3) is 5.82. The van der Waals surface area contributed by atoms with Gasteiger partial charge in [-0.15, -0.1) is 10.2 Å². The van der Waals surface area contributed by atoms with Crippen LogP contribution in [0.5, 0.6) is 0 Å². The van der Waals surface area contributed by atoms with Crippen LogP contribution < -0.4 is 10.6 Å². The molecule has 1 aromatic carbocycles. The van der Waals surface area contributed by atoms with E-state index in [1.54, 1.807) is 24.3 Å². The van der Waals surface area contributed by atoms with Gasteiger partial charge >= 0.3 is 0 Å². The zero-order valence-electron chi connectivity index (χ0n) is 17.2. The number of nitrogens with one attached hydrogen (secondary N) is 2. The molecule has 3 rings (SSSR count). The number of rotatable bonds is 9. The van der Waals surface area contributed by atoms with Crippen molar-refractivity contribution in [3.05, 3.63) is 41.7 Å². The maximum atomic E-state index is 12.5. The number of aromatic nitrogens is 3. The molecule has 0 unspecified atom stereocenters. The van der Waals surface area contributed by atoms with Crippen LogP contribution in [-0.4, -0.2) is 50.1 Å². The lowest BCUT2D eigenvalue weighted by Crippen LogP contribution is -2.37. The van der Waals surface area contributed by atoms with Gasteiger partial charge in [0.15, 0.2) is 11.0 Å². The molecule has 1 heterocycles. The predicted octanol–water partition coefficient (Wildman–Crippen LogP) is 2.30. The van der Waals surface area contributed by atoms with Gasteiger partial charge < -0.3 is 20.3 Å². The predicted molar refractivity (Wildman–Crippen MR) is 115 cm³/mol. The van der Waals surface area contributed by atoms with Crippen LogP contribution in [0.1, 0.15) is 61.3 Å². The van der Waals surface area contributed by atoms with Crippen LogP contribution >= 0.6 is 11.8 Å². The first-order valence-electron chi connectivity index (χ1n) is 10.4. The van der Waals surface area contributed by atoms with Crippen LogP contribution in [-0.2, 0) is 11.3 Å². The average molecular weight is 432 g/mol. The Morgan fingerprint density at radius 1 is 1.20 bits per heavy atom. The van der Waals surface area contributed by atoms with Crippen molar-refractivity contribution in [3.63, 3.8) is 0 Å². The maximum Gasteiger partial charge on any atom is 0.251 e. The van der Waals surface area contributed by atoms with Crippen LogP contribution in [0.2, 0.25) is 0 Å². The van der Waals surface area contributed by atoms with Gasteiger partial charge in [-0.3, -0.25) is 9.59 Å². The van der Waals surface area contributed by atoms with E-state index in [9.17, 15) is 14.7 Å². The third-order valence-electron chi connectivity index (χ3n) is 5.20. The average Bonchev–Trinajstić information content (AvgIpc) is 3.20. The van der Waals surface area contributed by atoms with Gasteiger partial charge in [-0.1, -0.05) is 49.2 Å². The smallest absolute Gasteiger partial charge is 0.251 e. The maximum absolute atomic E-state index is 12.5. The van der Waals surface area contributed by atoms with Gasteiger partial charge in [0.1, 0.15) is 6.04 Å². The van der Waals surface area contributed by atoms with Crippen molar-refractivity contribution >= 4 is 23.6 Å².